The lowest BCUT2D eigenvalue weighted by molar-refractivity contribution is 0.108. The Morgan fingerprint density at radius 2 is 1.97 bits per heavy atom. The first kappa shape index (κ1) is 30.2. The second-order valence-corrected chi connectivity index (χ2v) is 10.9. The summed E-state index contributed by atoms with van der Waals surface area (Å²) in [5, 5.41) is 9.87. The number of pyridine rings is 1. The molecule has 0 aliphatic carbocycles. The Labute approximate surface area is 230 Å². The van der Waals surface area contributed by atoms with Gasteiger partial charge in [0.1, 0.15) is 5.75 Å². The third-order valence-electron chi connectivity index (χ3n) is 8.12. The zero-order chi connectivity index (χ0) is 27.0. The van der Waals surface area contributed by atoms with E-state index in [-0.39, 0.29) is 5.96 Å². The molecule has 2 heterocycles. The highest BCUT2D eigenvalue weighted by Crippen LogP contribution is 2.31. The van der Waals surface area contributed by atoms with Crippen molar-refractivity contribution in [1.82, 2.24) is 15.4 Å². The molecule has 0 spiro atoms. The maximum absolute atomic E-state index is 8.66. The van der Waals surface area contributed by atoms with E-state index in [0.29, 0.717) is 13.2 Å². The first-order chi connectivity index (χ1) is 18.6. The largest absolute Gasteiger partial charge is 0.494 e. The summed E-state index contributed by atoms with van der Waals surface area (Å²) in [4.78, 5) is 11.3. The van der Waals surface area contributed by atoms with E-state index in [1.165, 1.54) is 88.4 Å². The number of nitrogens with one attached hydrogen (secondary N) is 1. The molecule has 3 rings (SSSR count). The molecule has 212 valence electrons. The number of hydrogen-bond acceptors (Lipinski definition) is 5. The predicted octanol–water partition coefficient (Wildman–Crippen LogP) is 6.33. The summed E-state index contributed by atoms with van der Waals surface area (Å²) >= 11 is 0. The molecule has 1 aromatic carbocycles. The molecule has 0 unspecified atom stereocenters. The number of nitrogens with two attached hydrogens (primary N) is 1. The van der Waals surface area contributed by atoms with Gasteiger partial charge in [-0.3, -0.25) is 15.2 Å². The van der Waals surface area contributed by atoms with Gasteiger partial charge in [0.2, 0.25) is 5.96 Å². The lowest BCUT2D eigenvalue weighted by atomic mass is 9.80. The van der Waals surface area contributed by atoms with E-state index in [2.05, 4.69) is 46.9 Å². The number of benzene rings is 1. The van der Waals surface area contributed by atoms with E-state index in [1.54, 1.807) is 0 Å². The highest BCUT2D eigenvalue weighted by molar-refractivity contribution is 5.83. The van der Waals surface area contributed by atoms with Gasteiger partial charge in [0.15, 0.2) is 0 Å². The van der Waals surface area contributed by atoms with E-state index in [4.69, 9.17) is 15.7 Å². The third-order valence-corrected chi connectivity index (χ3v) is 8.12. The van der Waals surface area contributed by atoms with Crippen molar-refractivity contribution in [3.8, 4) is 5.75 Å². The summed E-state index contributed by atoms with van der Waals surface area (Å²) in [5.74, 6) is 2.64. The van der Waals surface area contributed by atoms with Crippen molar-refractivity contribution in [1.29, 1.82) is 0 Å². The second-order valence-electron chi connectivity index (χ2n) is 10.9. The van der Waals surface area contributed by atoms with Crippen LogP contribution in [0.5, 0.6) is 5.75 Å². The fraction of sp³-hybridized carbons (Fsp3) is 0.677. The van der Waals surface area contributed by atoms with Crippen LogP contribution in [0.1, 0.15) is 90.0 Å². The zero-order valence-corrected chi connectivity index (χ0v) is 23.8. The lowest BCUT2D eigenvalue weighted by Gasteiger charge is -2.38. The van der Waals surface area contributed by atoms with Crippen LogP contribution >= 0.6 is 0 Å². The summed E-state index contributed by atoms with van der Waals surface area (Å²) in [6.07, 6.45) is 16.8. The zero-order valence-electron chi connectivity index (χ0n) is 23.8. The van der Waals surface area contributed by atoms with Crippen LogP contribution < -0.4 is 16.0 Å². The minimum Gasteiger partial charge on any atom is -0.494 e. The van der Waals surface area contributed by atoms with Gasteiger partial charge in [-0.15, -0.1) is 0 Å². The summed E-state index contributed by atoms with van der Waals surface area (Å²) in [7, 11) is 0. The van der Waals surface area contributed by atoms with E-state index in [1.807, 2.05) is 17.7 Å². The maximum Gasteiger partial charge on any atom is 0.212 e. The molecular weight excluding hydrogens is 474 g/mol. The van der Waals surface area contributed by atoms with Crippen LogP contribution in [0.25, 0.3) is 10.9 Å². The van der Waals surface area contributed by atoms with Gasteiger partial charge in [0.25, 0.3) is 0 Å². The molecule has 2 aromatic rings. The standard InChI is InChI=1S/C31H51N5O2/c1-3-5-6-7-9-20-36-21-17-26(25(4-2)24-36)12-11-13-27-16-19-33-30-15-14-28(23-29(27)30)38-22-10-8-18-34-31(32)35-37/h14-16,19,23,25-26,37H,3-13,17-18,20-22,24H2,1-2H3,(H3,32,34,35)/t25-,26+/m0/s1. The van der Waals surface area contributed by atoms with Crippen LogP contribution in [0.3, 0.4) is 0 Å². The predicted molar refractivity (Wildman–Crippen MR) is 158 cm³/mol. The Bertz CT molecular complexity index is 966. The van der Waals surface area contributed by atoms with E-state index in [9.17, 15) is 0 Å². The molecule has 1 aliphatic rings. The van der Waals surface area contributed by atoms with Crippen LogP contribution in [0.4, 0.5) is 0 Å². The Balaban J connectivity index is 1.45. The van der Waals surface area contributed by atoms with Gasteiger partial charge in [0.05, 0.1) is 12.1 Å². The monoisotopic (exact) mass is 525 g/mol. The normalized spacial score (nSPS) is 18.7. The number of guanidine groups is 1. The number of hydroxylamine groups is 1. The van der Waals surface area contributed by atoms with Crippen LogP contribution in [-0.2, 0) is 6.42 Å². The van der Waals surface area contributed by atoms with Crippen molar-refractivity contribution < 1.29 is 9.94 Å². The number of ether oxygens (including phenoxy) is 1. The molecule has 38 heavy (non-hydrogen) atoms. The first-order valence-corrected chi connectivity index (χ1v) is 15.1. The number of unbranched alkanes of at least 4 members (excludes halogenated alkanes) is 5. The molecule has 1 saturated heterocycles. The van der Waals surface area contributed by atoms with Gasteiger partial charge in [-0.05, 0) is 99.7 Å². The highest BCUT2D eigenvalue weighted by Gasteiger charge is 2.27. The number of nitrogens with zero attached hydrogens (tertiary/aromatic N) is 3. The van der Waals surface area contributed by atoms with Gasteiger partial charge in [-0.1, -0.05) is 46.0 Å². The van der Waals surface area contributed by atoms with Crippen molar-refractivity contribution >= 4 is 16.9 Å². The second kappa shape index (κ2) is 17.3. The fourth-order valence-electron chi connectivity index (χ4n) is 5.82. The Kier molecular flexibility index (Phi) is 13.7. The molecular formula is C31H51N5O2. The quantitative estimate of drug-likeness (QED) is 0.0967. The SMILES string of the molecule is CCCCCCCN1CC[C@@H](CCCc2ccnc3ccc(OCCCCN=C(N)NO)cc23)[C@@H](CC)C1. The Hall–Kier alpha value is -2.38. The average Bonchev–Trinajstić information content (AvgIpc) is 2.95. The minimum absolute atomic E-state index is 0.0457. The van der Waals surface area contributed by atoms with Gasteiger partial charge < -0.3 is 15.4 Å². The molecule has 7 heteroatoms. The van der Waals surface area contributed by atoms with Gasteiger partial charge in [-0.2, -0.15) is 0 Å². The van der Waals surface area contributed by atoms with Gasteiger partial charge >= 0.3 is 0 Å². The number of piperidine rings is 1. The Morgan fingerprint density at radius 1 is 1.11 bits per heavy atom. The van der Waals surface area contributed by atoms with Crippen molar-refractivity contribution in [2.24, 2.45) is 22.6 Å². The number of likely N-dealkylation sites (tertiary alicyclic amines) is 1. The summed E-state index contributed by atoms with van der Waals surface area (Å²) < 4.78 is 6.01. The van der Waals surface area contributed by atoms with Crippen molar-refractivity contribution in [3.63, 3.8) is 0 Å². The van der Waals surface area contributed by atoms with Crippen LogP contribution in [0.2, 0.25) is 0 Å². The molecule has 0 radical (unpaired) electrons. The van der Waals surface area contributed by atoms with Crippen LogP contribution in [0.15, 0.2) is 35.5 Å². The number of aryl methyl sites for hydroxylation is 1. The molecule has 2 atom stereocenters. The van der Waals surface area contributed by atoms with Crippen LogP contribution in [0, 0.1) is 11.8 Å². The lowest BCUT2D eigenvalue weighted by Crippen LogP contribution is -2.40. The van der Waals surface area contributed by atoms with Crippen molar-refractivity contribution in [3.05, 3.63) is 36.0 Å². The number of rotatable bonds is 17. The smallest absolute Gasteiger partial charge is 0.212 e. The molecule has 7 nitrogen and oxygen atoms in total. The molecule has 1 fully saturated rings. The highest BCUT2D eigenvalue weighted by atomic mass is 16.5. The number of aliphatic imine (C=N–C) groups is 1. The number of aromatic nitrogens is 1. The number of hydrogen-bond donors (Lipinski definition) is 3. The minimum atomic E-state index is 0.0457. The molecule has 0 saturated carbocycles. The van der Waals surface area contributed by atoms with E-state index < -0.39 is 0 Å². The van der Waals surface area contributed by atoms with Gasteiger partial charge in [0, 0.05) is 24.7 Å². The first-order valence-electron chi connectivity index (χ1n) is 15.1. The molecule has 1 aromatic heterocycles. The molecule has 0 bridgehead atoms. The van der Waals surface area contributed by atoms with Crippen molar-refractivity contribution in [2.45, 2.75) is 90.9 Å². The third kappa shape index (κ3) is 10.1. The average molecular weight is 526 g/mol. The molecule has 4 N–H and O–H groups in total. The topological polar surface area (TPSA) is 96.0 Å². The van der Waals surface area contributed by atoms with E-state index in [0.717, 1.165) is 42.4 Å². The van der Waals surface area contributed by atoms with Crippen LogP contribution in [-0.4, -0.2) is 53.8 Å². The maximum atomic E-state index is 8.66. The summed E-state index contributed by atoms with van der Waals surface area (Å²) in [6, 6.07) is 8.41. The summed E-state index contributed by atoms with van der Waals surface area (Å²) in [6.45, 7) is 9.74. The van der Waals surface area contributed by atoms with E-state index >= 15 is 0 Å². The number of fused-ring (bicyclic) bond motifs is 1. The Morgan fingerprint density at radius 3 is 2.79 bits per heavy atom. The summed E-state index contributed by atoms with van der Waals surface area (Å²) in [5.41, 5.74) is 9.68. The molecule has 0 amide bonds. The molecule has 1 aliphatic heterocycles. The fourth-order valence-corrected chi connectivity index (χ4v) is 5.82. The van der Waals surface area contributed by atoms with Gasteiger partial charge in [-0.25, -0.2) is 5.48 Å². The van der Waals surface area contributed by atoms with Crippen molar-refractivity contribution in [2.75, 3.05) is 32.8 Å².